The minimum atomic E-state index is -0.389. The molecule has 3 aromatic rings. The predicted octanol–water partition coefficient (Wildman–Crippen LogP) is 5.66. The van der Waals surface area contributed by atoms with Crippen LogP contribution in [0.5, 0.6) is 0 Å². The second kappa shape index (κ2) is 9.36. The first kappa shape index (κ1) is 21.7. The number of carbonyl (C=O) groups is 1. The fraction of sp³-hybridized carbons (Fsp3) is 0.357. The molecule has 5 heteroatoms. The lowest BCUT2D eigenvalue weighted by molar-refractivity contribution is -0.0501. The Balaban J connectivity index is 1.44. The molecule has 170 valence electrons. The van der Waals surface area contributed by atoms with Gasteiger partial charge >= 0.3 is 6.09 Å². The summed E-state index contributed by atoms with van der Waals surface area (Å²) >= 11 is 0. The van der Waals surface area contributed by atoms with E-state index < -0.39 is 0 Å². The lowest BCUT2D eigenvalue weighted by atomic mass is 9.73. The summed E-state index contributed by atoms with van der Waals surface area (Å²) in [6.45, 7) is 8.04. The van der Waals surface area contributed by atoms with Crippen LogP contribution < -0.4 is 5.32 Å². The zero-order chi connectivity index (χ0) is 22.8. The van der Waals surface area contributed by atoms with Crippen LogP contribution in [0.3, 0.4) is 0 Å². The fourth-order valence-electron chi connectivity index (χ4n) is 5.56. The van der Waals surface area contributed by atoms with Crippen molar-refractivity contribution < 1.29 is 9.53 Å². The fourth-order valence-corrected chi connectivity index (χ4v) is 5.56. The molecule has 6 atom stereocenters. The van der Waals surface area contributed by atoms with Crippen LogP contribution in [0, 0.1) is 11.8 Å². The third-order valence-electron chi connectivity index (χ3n) is 7.36. The van der Waals surface area contributed by atoms with Crippen LogP contribution >= 0.6 is 0 Å². The molecule has 1 unspecified atom stereocenters. The van der Waals surface area contributed by atoms with Gasteiger partial charge in [-0.05, 0) is 55.8 Å². The number of alkyl carbamates (subject to hydrolysis) is 1. The van der Waals surface area contributed by atoms with Gasteiger partial charge in [0.2, 0.25) is 0 Å². The number of piperidine rings is 3. The first-order valence-electron chi connectivity index (χ1n) is 11.9. The Hall–Kier alpha value is -3.18. The molecule has 2 bridgehead atoms. The molecular weight excluding hydrogens is 410 g/mol. The number of hydrogen-bond acceptors (Lipinski definition) is 4. The van der Waals surface area contributed by atoms with Gasteiger partial charge in [-0.2, -0.15) is 0 Å². The average molecular weight is 442 g/mol. The van der Waals surface area contributed by atoms with Crippen molar-refractivity contribution in [3.05, 3.63) is 90.6 Å². The highest BCUT2D eigenvalue weighted by atomic mass is 16.6. The van der Waals surface area contributed by atoms with Gasteiger partial charge in [0, 0.05) is 23.7 Å². The lowest BCUT2D eigenvalue weighted by Crippen LogP contribution is -2.55. The van der Waals surface area contributed by atoms with Gasteiger partial charge in [0.25, 0.3) is 0 Å². The second-order valence-corrected chi connectivity index (χ2v) is 9.27. The Morgan fingerprint density at radius 2 is 1.97 bits per heavy atom. The monoisotopic (exact) mass is 441 g/mol. The number of hydrogen-bond donors (Lipinski definition) is 1. The number of fused-ring (bicyclic) bond motifs is 4. The van der Waals surface area contributed by atoms with Gasteiger partial charge in [-0.25, -0.2) is 4.79 Å². The normalized spacial score (nSPS) is 25.8. The number of amides is 1. The molecule has 1 N–H and O–H groups in total. The van der Waals surface area contributed by atoms with E-state index in [1.807, 2.05) is 67.7 Å². The summed E-state index contributed by atoms with van der Waals surface area (Å²) in [5.41, 5.74) is 2.99. The number of nitrogens with zero attached hydrogens (tertiary/aromatic N) is 2. The van der Waals surface area contributed by atoms with Crippen LogP contribution in [0.15, 0.2) is 79.5 Å². The zero-order valence-electron chi connectivity index (χ0n) is 19.1. The molecule has 4 heterocycles. The largest absolute Gasteiger partial charge is 0.440 e. The number of nitrogens with one attached hydrogen (secondary N) is 1. The maximum Gasteiger partial charge on any atom is 0.408 e. The van der Waals surface area contributed by atoms with Gasteiger partial charge in [0.05, 0.1) is 17.6 Å². The Kier molecular flexibility index (Phi) is 6.14. The standard InChI is InChI=1S/C28H31N3O2/c1-3-20-18-31-16-14-22(20)17-26(31)27(24-13-15-29-25-12-8-7-11-23(24)25)33-28(32)30-19(2)21-9-5-4-6-10-21/h3-13,15,19-20,22,26-27H,1,14,16-18H2,2H3,(H,30,32)/t19-,20-,22+,26+,27-/m0/s1. The van der Waals surface area contributed by atoms with Gasteiger partial charge in [0.1, 0.15) is 6.10 Å². The molecule has 6 rings (SSSR count). The highest BCUT2D eigenvalue weighted by molar-refractivity contribution is 5.82. The van der Waals surface area contributed by atoms with Crippen molar-refractivity contribution in [1.29, 1.82) is 0 Å². The topological polar surface area (TPSA) is 54.5 Å². The van der Waals surface area contributed by atoms with Crippen LogP contribution in [0.2, 0.25) is 0 Å². The molecule has 1 aromatic heterocycles. The van der Waals surface area contributed by atoms with Gasteiger partial charge in [-0.3, -0.25) is 9.88 Å². The Morgan fingerprint density at radius 1 is 1.18 bits per heavy atom. The number of carbonyl (C=O) groups excluding carboxylic acids is 1. The Bertz CT molecular complexity index is 1130. The summed E-state index contributed by atoms with van der Waals surface area (Å²) in [7, 11) is 0. The lowest BCUT2D eigenvalue weighted by Gasteiger charge is -2.51. The summed E-state index contributed by atoms with van der Waals surface area (Å²) in [4.78, 5) is 20.1. The van der Waals surface area contributed by atoms with E-state index in [9.17, 15) is 4.79 Å². The predicted molar refractivity (Wildman–Crippen MR) is 131 cm³/mol. The van der Waals surface area contributed by atoms with Crippen molar-refractivity contribution >= 4 is 17.0 Å². The van der Waals surface area contributed by atoms with Crippen molar-refractivity contribution in [2.24, 2.45) is 11.8 Å². The third kappa shape index (κ3) is 4.38. The van der Waals surface area contributed by atoms with Crippen molar-refractivity contribution in [3.8, 4) is 0 Å². The van der Waals surface area contributed by atoms with E-state index in [0.29, 0.717) is 11.8 Å². The minimum Gasteiger partial charge on any atom is -0.440 e. The molecule has 3 aliphatic heterocycles. The molecule has 3 aliphatic rings. The summed E-state index contributed by atoms with van der Waals surface area (Å²) < 4.78 is 6.25. The van der Waals surface area contributed by atoms with Crippen LogP contribution in [-0.4, -0.2) is 35.1 Å². The smallest absolute Gasteiger partial charge is 0.408 e. The van der Waals surface area contributed by atoms with Gasteiger partial charge in [0.15, 0.2) is 0 Å². The molecule has 0 aliphatic carbocycles. The quantitative estimate of drug-likeness (QED) is 0.502. The molecule has 2 aromatic carbocycles. The first-order valence-corrected chi connectivity index (χ1v) is 11.9. The van der Waals surface area contributed by atoms with E-state index in [1.165, 1.54) is 6.42 Å². The molecule has 3 saturated heterocycles. The van der Waals surface area contributed by atoms with Gasteiger partial charge < -0.3 is 10.1 Å². The summed E-state index contributed by atoms with van der Waals surface area (Å²) in [5.74, 6) is 1.10. The zero-order valence-corrected chi connectivity index (χ0v) is 19.1. The Morgan fingerprint density at radius 3 is 2.73 bits per heavy atom. The summed E-state index contributed by atoms with van der Waals surface area (Å²) in [6, 6.07) is 20.1. The second-order valence-electron chi connectivity index (χ2n) is 9.27. The van der Waals surface area contributed by atoms with Crippen LogP contribution in [0.1, 0.15) is 43.0 Å². The molecule has 0 radical (unpaired) electrons. The minimum absolute atomic E-state index is 0.137. The van der Waals surface area contributed by atoms with E-state index in [-0.39, 0.29) is 24.3 Å². The first-order chi connectivity index (χ1) is 16.1. The van der Waals surface area contributed by atoms with E-state index in [4.69, 9.17) is 4.74 Å². The molecule has 0 spiro atoms. The average Bonchev–Trinajstić information content (AvgIpc) is 2.87. The maximum absolute atomic E-state index is 13.1. The van der Waals surface area contributed by atoms with Crippen molar-refractivity contribution in [3.63, 3.8) is 0 Å². The summed E-state index contributed by atoms with van der Waals surface area (Å²) in [6.07, 6.45) is 5.34. The molecule has 3 fully saturated rings. The van der Waals surface area contributed by atoms with Crippen molar-refractivity contribution in [2.45, 2.75) is 38.0 Å². The SMILES string of the molecule is C=C[C@H]1CN2CC[C@@H]1C[C@@H]2[C@@H](OC(=O)N[C@@H](C)c1ccccc1)c1ccnc2ccccc12. The van der Waals surface area contributed by atoms with Crippen molar-refractivity contribution in [1.82, 2.24) is 15.2 Å². The van der Waals surface area contributed by atoms with Gasteiger partial charge in [-0.1, -0.05) is 54.6 Å². The van der Waals surface area contributed by atoms with Crippen LogP contribution in [0.4, 0.5) is 4.79 Å². The number of benzene rings is 2. The molecule has 0 saturated carbocycles. The van der Waals surface area contributed by atoms with Crippen LogP contribution in [-0.2, 0) is 4.74 Å². The van der Waals surface area contributed by atoms with Crippen molar-refractivity contribution in [2.75, 3.05) is 13.1 Å². The molecule has 33 heavy (non-hydrogen) atoms. The molecular formula is C28H31N3O2. The number of ether oxygens (including phenoxy) is 1. The summed E-state index contributed by atoms with van der Waals surface area (Å²) in [5, 5.41) is 4.07. The third-order valence-corrected chi connectivity index (χ3v) is 7.36. The number of para-hydroxylation sites is 1. The Labute approximate surface area is 195 Å². The number of rotatable bonds is 6. The maximum atomic E-state index is 13.1. The van der Waals surface area contributed by atoms with E-state index in [1.54, 1.807) is 0 Å². The molecule has 1 amide bonds. The highest BCUT2D eigenvalue weighted by Gasteiger charge is 2.44. The van der Waals surface area contributed by atoms with Gasteiger partial charge in [-0.15, -0.1) is 6.58 Å². The van der Waals surface area contributed by atoms with E-state index in [2.05, 4.69) is 33.9 Å². The number of aromatic nitrogens is 1. The highest BCUT2D eigenvalue weighted by Crippen LogP contribution is 2.43. The van der Waals surface area contributed by atoms with E-state index in [0.717, 1.165) is 41.5 Å². The number of pyridine rings is 1. The van der Waals surface area contributed by atoms with Crippen LogP contribution in [0.25, 0.3) is 10.9 Å². The van der Waals surface area contributed by atoms with E-state index >= 15 is 0 Å². The molecule has 5 nitrogen and oxygen atoms in total.